The van der Waals surface area contributed by atoms with Crippen molar-refractivity contribution in [2.24, 2.45) is 0 Å². The van der Waals surface area contributed by atoms with Crippen LogP contribution in [0.1, 0.15) is 11.7 Å². The van der Waals surface area contributed by atoms with Gasteiger partial charge in [-0.05, 0) is 12.1 Å². The highest BCUT2D eigenvalue weighted by atomic mass is 35.5. The van der Waals surface area contributed by atoms with Gasteiger partial charge < -0.3 is 14.9 Å². The Kier molecular flexibility index (Phi) is 4.70. The fraction of sp³-hybridized carbons (Fsp3) is 0.300. The van der Waals surface area contributed by atoms with Gasteiger partial charge in [0.1, 0.15) is 11.9 Å². The van der Waals surface area contributed by atoms with Gasteiger partial charge in [-0.1, -0.05) is 23.2 Å². The van der Waals surface area contributed by atoms with Crippen LogP contribution in [0.5, 0.6) is 0 Å². The summed E-state index contributed by atoms with van der Waals surface area (Å²) in [6.45, 7) is 0. The topological polar surface area (TPSA) is 66.8 Å². The monoisotopic (exact) mass is 282 g/mol. The fourth-order valence-corrected chi connectivity index (χ4v) is 1.93. The van der Waals surface area contributed by atoms with Crippen molar-refractivity contribution >= 4 is 29.2 Å². The molecule has 0 fully saturated rings. The molecule has 0 spiro atoms. The van der Waals surface area contributed by atoms with Crippen LogP contribution in [0.4, 0.5) is 4.39 Å². The van der Waals surface area contributed by atoms with E-state index in [1.165, 1.54) is 0 Å². The molecular weight excluding hydrogens is 274 g/mol. The van der Waals surface area contributed by atoms with Crippen molar-refractivity contribution in [3.63, 3.8) is 0 Å². The third kappa shape index (κ3) is 3.07. The number of esters is 1. The van der Waals surface area contributed by atoms with Crippen LogP contribution >= 0.6 is 23.2 Å². The molecule has 0 radical (unpaired) electrons. The molecule has 4 nitrogen and oxygen atoms in total. The average Bonchev–Trinajstić information content (AvgIpc) is 2.25. The van der Waals surface area contributed by atoms with Crippen LogP contribution in [0.15, 0.2) is 12.1 Å². The van der Waals surface area contributed by atoms with Crippen LogP contribution in [0.25, 0.3) is 0 Å². The lowest BCUT2D eigenvalue weighted by molar-refractivity contribution is -0.156. The number of hydrogen-bond donors (Lipinski definition) is 2. The standard InChI is InChI=1S/C10H9Cl2FO4/c1-17-10(16)9(15)8(14)7-5(11)2-4(13)3-6(7)12/h2-3,8-9,14-15H,1H3. The number of aliphatic hydroxyl groups is 2. The number of methoxy groups -OCH3 is 1. The zero-order valence-corrected chi connectivity index (χ0v) is 10.2. The molecule has 0 saturated carbocycles. The molecule has 0 amide bonds. The van der Waals surface area contributed by atoms with Crippen LogP contribution in [0.2, 0.25) is 10.0 Å². The first-order valence-electron chi connectivity index (χ1n) is 4.47. The van der Waals surface area contributed by atoms with E-state index in [1.54, 1.807) is 0 Å². The van der Waals surface area contributed by atoms with Gasteiger partial charge in [0.2, 0.25) is 0 Å². The van der Waals surface area contributed by atoms with Gasteiger partial charge in [-0.25, -0.2) is 9.18 Å². The van der Waals surface area contributed by atoms with Crippen molar-refractivity contribution in [2.45, 2.75) is 12.2 Å². The molecule has 2 N–H and O–H groups in total. The third-order valence-electron chi connectivity index (χ3n) is 2.08. The van der Waals surface area contributed by atoms with E-state index < -0.39 is 24.0 Å². The number of benzene rings is 1. The summed E-state index contributed by atoms with van der Waals surface area (Å²) in [5.74, 6) is -1.74. The Morgan fingerprint density at radius 1 is 1.35 bits per heavy atom. The number of ether oxygens (including phenoxy) is 1. The molecule has 7 heteroatoms. The zero-order chi connectivity index (χ0) is 13.2. The lowest BCUT2D eigenvalue weighted by Gasteiger charge is -2.18. The maximum atomic E-state index is 12.9. The summed E-state index contributed by atoms with van der Waals surface area (Å²) in [4.78, 5) is 11.0. The second kappa shape index (κ2) is 5.64. The molecule has 0 saturated heterocycles. The lowest BCUT2D eigenvalue weighted by Crippen LogP contribution is -2.29. The van der Waals surface area contributed by atoms with Gasteiger partial charge in [0, 0.05) is 5.56 Å². The largest absolute Gasteiger partial charge is 0.467 e. The number of rotatable bonds is 3. The Hall–Kier alpha value is -0.880. The van der Waals surface area contributed by atoms with Crippen molar-refractivity contribution < 1.29 is 24.1 Å². The van der Waals surface area contributed by atoms with E-state index in [-0.39, 0.29) is 15.6 Å². The molecular formula is C10H9Cl2FO4. The van der Waals surface area contributed by atoms with E-state index in [4.69, 9.17) is 23.2 Å². The van der Waals surface area contributed by atoms with E-state index in [9.17, 15) is 19.4 Å². The maximum Gasteiger partial charge on any atom is 0.337 e. The van der Waals surface area contributed by atoms with Gasteiger partial charge >= 0.3 is 5.97 Å². The van der Waals surface area contributed by atoms with Gasteiger partial charge in [0.25, 0.3) is 0 Å². The van der Waals surface area contributed by atoms with E-state index >= 15 is 0 Å². The summed E-state index contributed by atoms with van der Waals surface area (Å²) in [6.07, 6.45) is -3.54. The van der Waals surface area contributed by atoms with Gasteiger partial charge in [0.15, 0.2) is 6.10 Å². The van der Waals surface area contributed by atoms with Crippen LogP contribution in [0, 0.1) is 5.82 Å². The normalized spacial score (nSPS) is 14.2. The molecule has 17 heavy (non-hydrogen) atoms. The summed E-state index contributed by atoms with van der Waals surface area (Å²) in [7, 11) is 1.05. The molecule has 0 heterocycles. The highest BCUT2D eigenvalue weighted by Gasteiger charge is 2.30. The summed E-state index contributed by atoms with van der Waals surface area (Å²) < 4.78 is 17.1. The first kappa shape index (κ1) is 14.2. The molecule has 2 atom stereocenters. The molecule has 1 rings (SSSR count). The third-order valence-corrected chi connectivity index (χ3v) is 2.71. The van der Waals surface area contributed by atoms with Crippen molar-refractivity contribution in [3.05, 3.63) is 33.6 Å². The Morgan fingerprint density at radius 3 is 2.24 bits per heavy atom. The second-order valence-electron chi connectivity index (χ2n) is 3.20. The van der Waals surface area contributed by atoms with Gasteiger partial charge in [0.05, 0.1) is 17.2 Å². The minimum atomic E-state index is -1.85. The first-order valence-corrected chi connectivity index (χ1v) is 5.22. The Bertz CT molecular complexity index is 415. The summed E-state index contributed by atoms with van der Waals surface area (Å²) in [6, 6.07) is 1.83. The molecule has 0 aliphatic heterocycles. The quantitative estimate of drug-likeness (QED) is 0.829. The van der Waals surface area contributed by atoms with Crippen LogP contribution in [0.3, 0.4) is 0 Å². The van der Waals surface area contributed by atoms with E-state index in [2.05, 4.69) is 4.74 Å². The van der Waals surface area contributed by atoms with Gasteiger partial charge in [-0.2, -0.15) is 0 Å². The fourth-order valence-electron chi connectivity index (χ4n) is 1.24. The molecule has 0 aliphatic rings. The predicted molar refractivity (Wildman–Crippen MR) is 59.4 cm³/mol. The highest BCUT2D eigenvalue weighted by Crippen LogP contribution is 2.33. The molecule has 2 unspecified atom stereocenters. The zero-order valence-electron chi connectivity index (χ0n) is 8.65. The maximum absolute atomic E-state index is 12.9. The van der Waals surface area contributed by atoms with Crippen LogP contribution in [-0.4, -0.2) is 29.4 Å². The molecule has 1 aromatic rings. The van der Waals surface area contributed by atoms with Crippen LogP contribution < -0.4 is 0 Å². The highest BCUT2D eigenvalue weighted by molar-refractivity contribution is 6.36. The van der Waals surface area contributed by atoms with E-state index in [0.29, 0.717) is 0 Å². The van der Waals surface area contributed by atoms with Crippen molar-refractivity contribution in [2.75, 3.05) is 7.11 Å². The Morgan fingerprint density at radius 2 is 1.82 bits per heavy atom. The van der Waals surface area contributed by atoms with Crippen molar-refractivity contribution in [1.29, 1.82) is 0 Å². The Labute approximate surface area is 107 Å². The molecule has 0 bridgehead atoms. The predicted octanol–water partition coefficient (Wildman–Crippen LogP) is 1.70. The molecule has 0 aromatic heterocycles. The minimum Gasteiger partial charge on any atom is -0.467 e. The second-order valence-corrected chi connectivity index (χ2v) is 4.01. The summed E-state index contributed by atoms with van der Waals surface area (Å²) in [5.41, 5.74) is -0.132. The molecule has 0 aliphatic carbocycles. The van der Waals surface area contributed by atoms with E-state index in [1.807, 2.05) is 0 Å². The summed E-state index contributed by atoms with van der Waals surface area (Å²) >= 11 is 11.3. The van der Waals surface area contributed by atoms with Gasteiger partial charge in [-0.3, -0.25) is 0 Å². The first-order chi connectivity index (χ1) is 7.88. The number of carbonyl (C=O) groups excluding carboxylic acids is 1. The summed E-state index contributed by atoms with van der Waals surface area (Å²) in [5, 5.41) is 18.7. The number of halogens is 3. The smallest absolute Gasteiger partial charge is 0.337 e. The van der Waals surface area contributed by atoms with Crippen molar-refractivity contribution in [1.82, 2.24) is 0 Å². The molecule has 94 valence electrons. The number of hydrogen-bond acceptors (Lipinski definition) is 4. The molecule has 1 aromatic carbocycles. The average molecular weight is 283 g/mol. The van der Waals surface area contributed by atoms with Crippen molar-refractivity contribution in [3.8, 4) is 0 Å². The lowest BCUT2D eigenvalue weighted by atomic mass is 10.0. The number of aliphatic hydroxyl groups excluding tert-OH is 2. The SMILES string of the molecule is COC(=O)C(O)C(O)c1c(Cl)cc(F)cc1Cl. The minimum absolute atomic E-state index is 0.132. The number of carbonyl (C=O) groups is 1. The van der Waals surface area contributed by atoms with Gasteiger partial charge in [-0.15, -0.1) is 0 Å². The van der Waals surface area contributed by atoms with Crippen LogP contribution in [-0.2, 0) is 9.53 Å². The van der Waals surface area contributed by atoms with E-state index in [0.717, 1.165) is 19.2 Å². The Balaban J connectivity index is 3.12.